The molecule has 136 valence electrons. The van der Waals surface area contributed by atoms with Gasteiger partial charge < -0.3 is 15.0 Å². The number of likely N-dealkylation sites (N-methyl/N-ethyl adjacent to an activating group) is 1. The summed E-state index contributed by atoms with van der Waals surface area (Å²) in [5.41, 5.74) is 1.77. The molecule has 0 radical (unpaired) electrons. The third kappa shape index (κ3) is 4.92. The molecule has 1 aromatic carbocycles. The number of amides is 2. The number of benzene rings is 1. The summed E-state index contributed by atoms with van der Waals surface area (Å²) in [6.45, 7) is 2.93. The van der Waals surface area contributed by atoms with E-state index in [1.165, 1.54) is 6.08 Å². The molecule has 1 fully saturated rings. The largest absolute Gasteiger partial charge is 0.487 e. The number of rotatable bonds is 6. The highest BCUT2D eigenvalue weighted by Gasteiger charge is 2.27. The Morgan fingerprint density at radius 2 is 2.35 bits per heavy atom. The predicted molar refractivity (Wildman–Crippen MR) is 101 cm³/mol. The van der Waals surface area contributed by atoms with E-state index in [0.717, 1.165) is 22.0 Å². The summed E-state index contributed by atoms with van der Waals surface area (Å²) in [5, 5.41) is 5.84. The zero-order valence-electron chi connectivity index (χ0n) is 14.8. The topological polar surface area (TPSA) is 71.5 Å². The molecule has 1 aliphatic heterocycles. The van der Waals surface area contributed by atoms with Crippen LogP contribution < -0.4 is 10.1 Å². The monoisotopic (exact) mass is 371 g/mol. The zero-order valence-corrected chi connectivity index (χ0v) is 15.6. The van der Waals surface area contributed by atoms with Crippen LogP contribution in [-0.4, -0.2) is 41.3 Å². The van der Waals surface area contributed by atoms with E-state index < -0.39 is 0 Å². The zero-order chi connectivity index (χ0) is 18.5. The maximum Gasteiger partial charge on any atom is 0.244 e. The smallest absolute Gasteiger partial charge is 0.244 e. The number of ether oxygens (including phenoxy) is 1. The van der Waals surface area contributed by atoms with Gasteiger partial charge in [-0.25, -0.2) is 4.98 Å². The summed E-state index contributed by atoms with van der Waals surface area (Å²) in [6.07, 6.45) is 3.57. The molecule has 3 rings (SSSR count). The number of hydrogen-bond donors (Lipinski definition) is 1. The van der Waals surface area contributed by atoms with Gasteiger partial charge in [0.05, 0.1) is 16.7 Å². The van der Waals surface area contributed by atoms with Gasteiger partial charge in [0, 0.05) is 31.5 Å². The number of nitrogens with zero attached hydrogens (tertiary/aromatic N) is 2. The molecule has 1 atom stereocenters. The molecular formula is C19H21N3O3S. The standard InChI is InChI=1S/C19H21N3O3S/c1-13-20-16(12-26-13)11-25-17-5-3-4-14(8-17)6-7-18(23)21-15-9-19(24)22(2)10-15/h3-8,12,15H,9-11H2,1-2H3,(H,21,23). The summed E-state index contributed by atoms with van der Waals surface area (Å²) < 4.78 is 5.75. The second-order valence-corrected chi connectivity index (χ2v) is 7.30. The van der Waals surface area contributed by atoms with Crippen molar-refractivity contribution in [1.82, 2.24) is 15.2 Å². The van der Waals surface area contributed by atoms with Gasteiger partial charge in [0.15, 0.2) is 0 Å². The minimum absolute atomic E-state index is 0.0550. The highest BCUT2D eigenvalue weighted by Crippen LogP contribution is 2.17. The number of hydrogen-bond acceptors (Lipinski definition) is 5. The Morgan fingerprint density at radius 1 is 1.50 bits per heavy atom. The van der Waals surface area contributed by atoms with Gasteiger partial charge in [0.1, 0.15) is 12.4 Å². The Hall–Kier alpha value is -2.67. The lowest BCUT2D eigenvalue weighted by Crippen LogP contribution is -2.35. The average Bonchev–Trinajstić information content (AvgIpc) is 3.17. The van der Waals surface area contributed by atoms with E-state index >= 15 is 0 Å². The lowest BCUT2D eigenvalue weighted by atomic mass is 10.2. The molecule has 2 heterocycles. The first-order chi connectivity index (χ1) is 12.5. The number of likely N-dealkylation sites (tertiary alicyclic amines) is 1. The molecule has 6 nitrogen and oxygen atoms in total. The van der Waals surface area contributed by atoms with Crippen LogP contribution in [0.25, 0.3) is 6.08 Å². The molecule has 7 heteroatoms. The second-order valence-electron chi connectivity index (χ2n) is 6.24. The fourth-order valence-electron chi connectivity index (χ4n) is 2.72. The Morgan fingerprint density at radius 3 is 3.04 bits per heavy atom. The highest BCUT2D eigenvalue weighted by atomic mass is 32.1. The highest BCUT2D eigenvalue weighted by molar-refractivity contribution is 7.09. The van der Waals surface area contributed by atoms with E-state index in [9.17, 15) is 9.59 Å². The maximum atomic E-state index is 12.0. The van der Waals surface area contributed by atoms with Crippen molar-refractivity contribution in [2.75, 3.05) is 13.6 Å². The van der Waals surface area contributed by atoms with Crippen LogP contribution in [0.1, 0.15) is 22.7 Å². The van der Waals surface area contributed by atoms with Crippen molar-refractivity contribution in [2.45, 2.75) is 26.0 Å². The molecule has 2 amide bonds. The van der Waals surface area contributed by atoms with Crippen LogP contribution in [0.15, 0.2) is 35.7 Å². The van der Waals surface area contributed by atoms with Crippen molar-refractivity contribution in [1.29, 1.82) is 0 Å². The van der Waals surface area contributed by atoms with Gasteiger partial charge in [-0.15, -0.1) is 11.3 Å². The van der Waals surface area contributed by atoms with Gasteiger partial charge in [-0.2, -0.15) is 0 Å². The first kappa shape index (κ1) is 18.1. The Kier molecular flexibility index (Phi) is 5.68. The van der Waals surface area contributed by atoms with Crippen molar-refractivity contribution in [3.8, 4) is 5.75 Å². The fourth-order valence-corrected chi connectivity index (χ4v) is 3.32. The fraction of sp³-hybridized carbons (Fsp3) is 0.316. The number of aryl methyl sites for hydroxylation is 1. The van der Waals surface area contributed by atoms with Gasteiger partial charge in [-0.05, 0) is 30.7 Å². The number of thiazole rings is 1. The Bertz CT molecular complexity index is 831. The van der Waals surface area contributed by atoms with Gasteiger partial charge in [0.2, 0.25) is 11.8 Å². The number of carbonyl (C=O) groups excluding carboxylic acids is 2. The summed E-state index contributed by atoms with van der Waals surface area (Å²) in [5.74, 6) is 0.572. The average molecular weight is 371 g/mol. The minimum atomic E-state index is -0.206. The molecule has 1 saturated heterocycles. The third-order valence-corrected chi connectivity index (χ3v) is 4.85. The minimum Gasteiger partial charge on any atom is -0.487 e. The molecule has 2 aromatic rings. The lowest BCUT2D eigenvalue weighted by molar-refractivity contribution is -0.126. The van der Waals surface area contributed by atoms with Crippen LogP contribution >= 0.6 is 11.3 Å². The first-order valence-corrected chi connectivity index (χ1v) is 9.24. The predicted octanol–water partition coefficient (Wildman–Crippen LogP) is 2.39. The van der Waals surface area contributed by atoms with Crippen molar-refractivity contribution < 1.29 is 14.3 Å². The third-order valence-electron chi connectivity index (χ3n) is 4.03. The van der Waals surface area contributed by atoms with E-state index in [0.29, 0.717) is 19.6 Å². The second kappa shape index (κ2) is 8.14. The molecular weight excluding hydrogens is 350 g/mol. The Balaban J connectivity index is 1.53. The molecule has 0 saturated carbocycles. The normalized spacial score (nSPS) is 17.1. The van der Waals surface area contributed by atoms with Crippen LogP contribution in [0.4, 0.5) is 0 Å². The molecule has 1 N–H and O–H groups in total. The van der Waals surface area contributed by atoms with E-state index in [2.05, 4.69) is 10.3 Å². The van der Waals surface area contributed by atoms with E-state index in [4.69, 9.17) is 4.74 Å². The van der Waals surface area contributed by atoms with Crippen molar-refractivity contribution in [2.24, 2.45) is 0 Å². The number of carbonyl (C=O) groups is 2. The Labute approximate surface area is 156 Å². The van der Waals surface area contributed by atoms with Crippen molar-refractivity contribution in [3.63, 3.8) is 0 Å². The summed E-state index contributed by atoms with van der Waals surface area (Å²) in [4.78, 5) is 29.5. The van der Waals surface area contributed by atoms with E-state index in [1.54, 1.807) is 29.4 Å². The maximum absolute atomic E-state index is 12.0. The van der Waals surface area contributed by atoms with E-state index in [-0.39, 0.29) is 17.9 Å². The van der Waals surface area contributed by atoms with Crippen LogP contribution in [0, 0.1) is 6.92 Å². The lowest BCUT2D eigenvalue weighted by Gasteiger charge is -2.10. The van der Waals surface area contributed by atoms with Crippen molar-refractivity contribution in [3.05, 3.63) is 52.0 Å². The molecule has 0 bridgehead atoms. The molecule has 1 aromatic heterocycles. The van der Waals surface area contributed by atoms with Gasteiger partial charge in [-0.1, -0.05) is 12.1 Å². The van der Waals surface area contributed by atoms with Gasteiger partial charge in [0.25, 0.3) is 0 Å². The van der Waals surface area contributed by atoms with Gasteiger partial charge >= 0.3 is 0 Å². The van der Waals surface area contributed by atoms with Crippen LogP contribution in [-0.2, 0) is 16.2 Å². The summed E-state index contributed by atoms with van der Waals surface area (Å²) in [6, 6.07) is 7.40. The van der Waals surface area contributed by atoms with Crippen LogP contribution in [0.5, 0.6) is 5.75 Å². The van der Waals surface area contributed by atoms with Crippen molar-refractivity contribution >= 4 is 29.2 Å². The molecule has 1 unspecified atom stereocenters. The first-order valence-electron chi connectivity index (χ1n) is 8.36. The number of nitrogens with one attached hydrogen (secondary N) is 1. The quantitative estimate of drug-likeness (QED) is 0.792. The molecule has 0 spiro atoms. The number of aromatic nitrogens is 1. The molecule has 0 aliphatic carbocycles. The summed E-state index contributed by atoms with van der Waals surface area (Å²) in [7, 11) is 1.74. The molecule has 1 aliphatic rings. The SMILES string of the molecule is Cc1nc(COc2cccc(C=CC(=O)NC3CC(=O)N(C)C3)c2)cs1. The van der Waals surface area contributed by atoms with Crippen LogP contribution in [0.2, 0.25) is 0 Å². The van der Waals surface area contributed by atoms with Crippen LogP contribution in [0.3, 0.4) is 0 Å². The summed E-state index contributed by atoms with van der Waals surface area (Å²) >= 11 is 1.60. The van der Waals surface area contributed by atoms with E-state index in [1.807, 2.05) is 36.6 Å². The molecule has 26 heavy (non-hydrogen) atoms. The van der Waals surface area contributed by atoms with Gasteiger partial charge in [-0.3, -0.25) is 9.59 Å².